The molecule has 7 heteroatoms. The molecule has 1 amide bonds. The van der Waals surface area contributed by atoms with E-state index in [1.807, 2.05) is 0 Å². The molecule has 1 fully saturated rings. The molecule has 0 atom stereocenters. The van der Waals surface area contributed by atoms with Crippen LogP contribution in [0, 0.1) is 15.9 Å². The molecule has 0 saturated carbocycles. The van der Waals surface area contributed by atoms with Crippen LogP contribution in [0.2, 0.25) is 0 Å². The molecule has 19 heavy (non-hydrogen) atoms. The van der Waals surface area contributed by atoms with Gasteiger partial charge in [0.15, 0.2) is 0 Å². The third-order valence-corrected chi connectivity index (χ3v) is 2.99. The molecular weight excluding hydrogens is 253 g/mol. The van der Waals surface area contributed by atoms with Crippen LogP contribution in [0.1, 0.15) is 12.0 Å². The normalized spacial score (nSPS) is 16.8. The van der Waals surface area contributed by atoms with Gasteiger partial charge in [0.25, 0.3) is 0 Å². The van der Waals surface area contributed by atoms with Crippen molar-refractivity contribution in [1.29, 1.82) is 0 Å². The lowest BCUT2D eigenvalue weighted by atomic mass is 10.1. The minimum atomic E-state index is -0.822. The van der Waals surface area contributed by atoms with Gasteiger partial charge in [-0.1, -0.05) is 12.1 Å². The molecule has 1 aromatic carbocycles. The molecule has 1 aliphatic rings. The molecule has 0 radical (unpaired) electrons. The molecule has 1 aliphatic heterocycles. The number of rotatable bonds is 3. The first-order chi connectivity index (χ1) is 9.08. The first-order valence-electron chi connectivity index (χ1n) is 5.99. The topological polar surface area (TPSA) is 75.5 Å². The van der Waals surface area contributed by atoms with Crippen molar-refractivity contribution in [1.82, 2.24) is 10.2 Å². The molecule has 0 unspecified atom stereocenters. The molecule has 1 aromatic rings. The van der Waals surface area contributed by atoms with Crippen molar-refractivity contribution in [3.63, 3.8) is 0 Å². The number of nitro groups is 1. The van der Waals surface area contributed by atoms with Gasteiger partial charge in [-0.25, -0.2) is 0 Å². The Morgan fingerprint density at radius 1 is 1.47 bits per heavy atom. The fourth-order valence-electron chi connectivity index (χ4n) is 2.07. The molecule has 0 aromatic heterocycles. The van der Waals surface area contributed by atoms with Gasteiger partial charge in [-0.3, -0.25) is 19.8 Å². The monoisotopic (exact) mass is 267 g/mol. The zero-order valence-corrected chi connectivity index (χ0v) is 10.3. The largest absolute Gasteiger partial charge is 0.355 e. The van der Waals surface area contributed by atoms with Crippen LogP contribution in [0.4, 0.5) is 10.1 Å². The Balaban J connectivity index is 2.16. The van der Waals surface area contributed by atoms with E-state index in [1.165, 1.54) is 12.1 Å². The molecular formula is C12H14FN3O3. The fourth-order valence-corrected chi connectivity index (χ4v) is 2.07. The molecule has 2 rings (SSSR count). The van der Waals surface area contributed by atoms with Crippen LogP contribution in [0.5, 0.6) is 0 Å². The van der Waals surface area contributed by atoms with Crippen LogP contribution in [0.3, 0.4) is 0 Å². The van der Waals surface area contributed by atoms with Crippen LogP contribution < -0.4 is 5.32 Å². The standard InChI is InChI=1S/C12H14FN3O3/c13-12-9(3-1-4-10(12)16(18)19)7-15-6-2-5-14-11(17)8-15/h1,3-4H,2,5-8H2,(H,14,17). The second-order valence-electron chi connectivity index (χ2n) is 4.42. The van der Waals surface area contributed by atoms with Crippen molar-refractivity contribution >= 4 is 11.6 Å². The zero-order valence-electron chi connectivity index (χ0n) is 10.3. The molecule has 1 N–H and O–H groups in total. The fraction of sp³-hybridized carbons (Fsp3) is 0.417. The molecule has 0 spiro atoms. The van der Waals surface area contributed by atoms with Gasteiger partial charge in [0, 0.05) is 31.3 Å². The second kappa shape index (κ2) is 5.75. The second-order valence-corrected chi connectivity index (χ2v) is 4.42. The molecule has 6 nitrogen and oxygen atoms in total. The van der Waals surface area contributed by atoms with Crippen molar-refractivity contribution in [2.45, 2.75) is 13.0 Å². The van der Waals surface area contributed by atoms with Gasteiger partial charge < -0.3 is 5.32 Å². The van der Waals surface area contributed by atoms with Crippen LogP contribution in [0.15, 0.2) is 18.2 Å². The Morgan fingerprint density at radius 3 is 3.00 bits per heavy atom. The highest BCUT2D eigenvalue weighted by Crippen LogP contribution is 2.21. The van der Waals surface area contributed by atoms with E-state index in [0.717, 1.165) is 12.5 Å². The van der Waals surface area contributed by atoms with E-state index >= 15 is 0 Å². The summed E-state index contributed by atoms with van der Waals surface area (Å²) in [4.78, 5) is 23.1. The summed E-state index contributed by atoms with van der Waals surface area (Å²) in [5.74, 6) is -0.930. The van der Waals surface area contributed by atoms with Crippen LogP contribution in [0.25, 0.3) is 0 Å². The third-order valence-electron chi connectivity index (χ3n) is 2.99. The quantitative estimate of drug-likeness (QED) is 0.656. The van der Waals surface area contributed by atoms with Gasteiger partial charge >= 0.3 is 5.69 Å². The smallest absolute Gasteiger partial charge is 0.305 e. The lowest BCUT2D eigenvalue weighted by Crippen LogP contribution is -2.32. The summed E-state index contributed by atoms with van der Waals surface area (Å²) in [5, 5.41) is 13.4. The first kappa shape index (κ1) is 13.4. The van der Waals surface area contributed by atoms with Crippen LogP contribution in [-0.2, 0) is 11.3 Å². The minimum absolute atomic E-state index is 0.108. The Labute approximate surface area is 109 Å². The lowest BCUT2D eigenvalue weighted by Gasteiger charge is -2.18. The van der Waals surface area contributed by atoms with Crippen molar-refractivity contribution < 1.29 is 14.1 Å². The van der Waals surface area contributed by atoms with Crippen LogP contribution in [-0.4, -0.2) is 35.4 Å². The van der Waals surface area contributed by atoms with E-state index in [4.69, 9.17) is 0 Å². The maximum absolute atomic E-state index is 13.9. The number of benzene rings is 1. The van der Waals surface area contributed by atoms with Gasteiger partial charge in [0.2, 0.25) is 11.7 Å². The Bertz CT molecular complexity index is 507. The Morgan fingerprint density at radius 2 is 2.26 bits per heavy atom. The van der Waals surface area contributed by atoms with E-state index < -0.39 is 16.4 Å². The van der Waals surface area contributed by atoms with E-state index in [-0.39, 0.29) is 24.6 Å². The number of nitrogens with one attached hydrogen (secondary N) is 1. The first-order valence-corrected chi connectivity index (χ1v) is 5.99. The average molecular weight is 267 g/mol. The summed E-state index contributed by atoms with van der Waals surface area (Å²) in [6, 6.07) is 4.09. The van der Waals surface area contributed by atoms with Gasteiger partial charge in [0.1, 0.15) is 0 Å². The Kier molecular flexibility index (Phi) is 4.06. The van der Waals surface area contributed by atoms with Gasteiger partial charge in [-0.05, 0) is 6.42 Å². The highest BCUT2D eigenvalue weighted by molar-refractivity contribution is 5.78. The molecule has 1 heterocycles. The van der Waals surface area contributed by atoms with E-state index in [9.17, 15) is 19.3 Å². The molecule has 0 bridgehead atoms. The maximum atomic E-state index is 13.9. The predicted octanol–water partition coefficient (Wildman–Crippen LogP) is 1.06. The van der Waals surface area contributed by atoms with E-state index in [0.29, 0.717) is 13.1 Å². The highest BCUT2D eigenvalue weighted by atomic mass is 19.1. The maximum Gasteiger partial charge on any atom is 0.305 e. The number of amides is 1. The number of halogens is 1. The number of nitro benzene ring substituents is 1. The number of nitrogens with zero attached hydrogens (tertiary/aromatic N) is 2. The van der Waals surface area contributed by atoms with Crippen molar-refractivity contribution in [3.05, 3.63) is 39.7 Å². The summed E-state index contributed by atoms with van der Waals surface area (Å²) in [6.07, 6.45) is 0.780. The van der Waals surface area contributed by atoms with E-state index in [1.54, 1.807) is 4.90 Å². The molecule has 102 valence electrons. The van der Waals surface area contributed by atoms with Gasteiger partial charge in [-0.2, -0.15) is 4.39 Å². The average Bonchev–Trinajstić information content (AvgIpc) is 2.56. The van der Waals surface area contributed by atoms with Crippen molar-refractivity contribution in [3.8, 4) is 0 Å². The zero-order chi connectivity index (χ0) is 13.8. The minimum Gasteiger partial charge on any atom is -0.355 e. The third kappa shape index (κ3) is 3.25. The van der Waals surface area contributed by atoms with Crippen molar-refractivity contribution in [2.75, 3.05) is 19.6 Å². The summed E-state index contributed by atoms with van der Waals surface area (Å²) in [6.45, 7) is 1.64. The summed E-state index contributed by atoms with van der Waals surface area (Å²) < 4.78 is 13.9. The van der Waals surface area contributed by atoms with E-state index in [2.05, 4.69) is 5.32 Å². The number of hydrogen-bond donors (Lipinski definition) is 1. The number of carbonyl (C=O) groups is 1. The number of hydrogen-bond acceptors (Lipinski definition) is 4. The lowest BCUT2D eigenvalue weighted by molar-refractivity contribution is -0.387. The van der Waals surface area contributed by atoms with Crippen molar-refractivity contribution in [2.24, 2.45) is 0 Å². The summed E-state index contributed by atoms with van der Waals surface area (Å²) in [5.41, 5.74) is -0.291. The molecule has 1 saturated heterocycles. The summed E-state index contributed by atoms with van der Waals surface area (Å²) >= 11 is 0. The SMILES string of the molecule is O=C1CN(Cc2cccc([N+](=O)[O-])c2F)CCCN1. The highest BCUT2D eigenvalue weighted by Gasteiger charge is 2.20. The van der Waals surface area contributed by atoms with Gasteiger partial charge in [-0.15, -0.1) is 0 Å². The van der Waals surface area contributed by atoms with Gasteiger partial charge in [0.05, 0.1) is 11.5 Å². The molecule has 0 aliphatic carbocycles. The predicted molar refractivity (Wildman–Crippen MR) is 66.0 cm³/mol. The summed E-state index contributed by atoms with van der Waals surface area (Å²) in [7, 11) is 0. The Hall–Kier alpha value is -2.02. The van der Waals surface area contributed by atoms with Crippen LogP contribution >= 0.6 is 0 Å². The number of carbonyl (C=O) groups excluding carboxylic acids is 1.